The second kappa shape index (κ2) is 10.0. The third-order valence-corrected chi connectivity index (χ3v) is 5.92. The number of carboxylic acid groups (broad SMARTS) is 1. The Bertz CT molecular complexity index is 1130. The zero-order valence-electron chi connectivity index (χ0n) is 17.9. The molecule has 2 aromatic heterocycles. The Kier molecular flexibility index (Phi) is 6.93. The molecule has 1 amide bonds. The van der Waals surface area contributed by atoms with Crippen LogP contribution in [0.15, 0.2) is 36.9 Å². The zero-order valence-corrected chi connectivity index (χ0v) is 18.6. The Morgan fingerprint density at radius 1 is 1.30 bits per heavy atom. The average Bonchev–Trinajstić information content (AvgIpc) is 3.29. The van der Waals surface area contributed by atoms with Gasteiger partial charge in [0, 0.05) is 23.9 Å². The van der Waals surface area contributed by atoms with E-state index in [0.717, 1.165) is 25.7 Å². The predicted molar refractivity (Wildman–Crippen MR) is 119 cm³/mol. The summed E-state index contributed by atoms with van der Waals surface area (Å²) in [5, 5.41) is 15.9. The van der Waals surface area contributed by atoms with E-state index in [1.54, 1.807) is 18.5 Å². The van der Waals surface area contributed by atoms with Gasteiger partial charge in [-0.2, -0.15) is 5.10 Å². The maximum Gasteiger partial charge on any atom is 0.404 e. The highest BCUT2D eigenvalue weighted by atomic mass is 35.5. The SMILES string of the molecule is COc1ccc(-n2cc(-c3ncnc(Cl)c3OCC3CCC(NC(=O)O)CC3)cn2)cc1F. The molecule has 0 unspecified atom stereocenters. The van der Waals surface area contributed by atoms with Crippen LogP contribution >= 0.6 is 11.6 Å². The fourth-order valence-corrected chi connectivity index (χ4v) is 4.11. The Morgan fingerprint density at radius 3 is 2.79 bits per heavy atom. The van der Waals surface area contributed by atoms with Gasteiger partial charge < -0.3 is 19.9 Å². The minimum absolute atomic E-state index is 0.0217. The molecule has 1 aliphatic carbocycles. The van der Waals surface area contributed by atoms with Gasteiger partial charge >= 0.3 is 6.09 Å². The topological polar surface area (TPSA) is 111 Å². The number of amides is 1. The molecule has 0 saturated heterocycles. The van der Waals surface area contributed by atoms with Gasteiger partial charge in [-0.3, -0.25) is 0 Å². The van der Waals surface area contributed by atoms with Crippen molar-refractivity contribution >= 4 is 17.7 Å². The summed E-state index contributed by atoms with van der Waals surface area (Å²) in [6, 6.07) is 4.53. The highest BCUT2D eigenvalue weighted by Crippen LogP contribution is 2.34. The highest BCUT2D eigenvalue weighted by Gasteiger charge is 2.24. The number of rotatable bonds is 7. The summed E-state index contributed by atoms with van der Waals surface area (Å²) in [5.74, 6) is 0.281. The molecule has 9 nitrogen and oxygen atoms in total. The van der Waals surface area contributed by atoms with Gasteiger partial charge in [0.05, 0.1) is 25.6 Å². The quantitative estimate of drug-likeness (QED) is 0.489. The number of hydrogen-bond donors (Lipinski definition) is 2. The minimum Gasteiger partial charge on any atom is -0.494 e. The molecule has 2 N–H and O–H groups in total. The molecule has 0 aliphatic heterocycles. The molecule has 1 saturated carbocycles. The van der Waals surface area contributed by atoms with Gasteiger partial charge in [0.2, 0.25) is 0 Å². The van der Waals surface area contributed by atoms with Crippen LogP contribution < -0.4 is 14.8 Å². The van der Waals surface area contributed by atoms with Crippen LogP contribution in [0, 0.1) is 11.7 Å². The lowest BCUT2D eigenvalue weighted by molar-refractivity contribution is 0.169. The van der Waals surface area contributed by atoms with E-state index in [9.17, 15) is 9.18 Å². The molecule has 0 spiro atoms. The number of nitrogens with one attached hydrogen (secondary N) is 1. The van der Waals surface area contributed by atoms with E-state index in [1.165, 1.54) is 30.3 Å². The summed E-state index contributed by atoms with van der Waals surface area (Å²) in [4.78, 5) is 19.2. The molecular weight excluding hydrogens is 453 g/mol. The maximum atomic E-state index is 14.1. The normalized spacial score (nSPS) is 18.0. The van der Waals surface area contributed by atoms with Crippen LogP contribution in [0.5, 0.6) is 11.5 Å². The van der Waals surface area contributed by atoms with Crippen molar-refractivity contribution in [3.05, 3.63) is 47.9 Å². The lowest BCUT2D eigenvalue weighted by atomic mass is 9.86. The van der Waals surface area contributed by atoms with Crippen LogP contribution in [-0.2, 0) is 0 Å². The number of carbonyl (C=O) groups is 1. The van der Waals surface area contributed by atoms with Crippen molar-refractivity contribution in [1.29, 1.82) is 0 Å². The summed E-state index contributed by atoms with van der Waals surface area (Å²) in [7, 11) is 1.41. The van der Waals surface area contributed by atoms with E-state index in [2.05, 4.69) is 20.4 Å². The van der Waals surface area contributed by atoms with Crippen molar-refractivity contribution in [2.45, 2.75) is 31.7 Å². The first-order valence-corrected chi connectivity index (χ1v) is 10.8. The molecule has 1 fully saturated rings. The summed E-state index contributed by atoms with van der Waals surface area (Å²) < 4.78 is 26.6. The smallest absolute Gasteiger partial charge is 0.404 e. The van der Waals surface area contributed by atoms with Crippen molar-refractivity contribution in [2.24, 2.45) is 5.92 Å². The molecule has 0 atom stereocenters. The van der Waals surface area contributed by atoms with E-state index in [1.807, 2.05) is 0 Å². The zero-order chi connectivity index (χ0) is 23.4. The fraction of sp³-hybridized carbons (Fsp3) is 0.364. The van der Waals surface area contributed by atoms with Gasteiger partial charge in [-0.1, -0.05) is 11.6 Å². The molecule has 2 heterocycles. The largest absolute Gasteiger partial charge is 0.494 e. The van der Waals surface area contributed by atoms with Crippen molar-refractivity contribution in [3.8, 4) is 28.4 Å². The fourth-order valence-electron chi connectivity index (χ4n) is 3.92. The van der Waals surface area contributed by atoms with E-state index < -0.39 is 11.9 Å². The van der Waals surface area contributed by atoms with Crippen molar-refractivity contribution in [2.75, 3.05) is 13.7 Å². The molecular formula is C22H23ClFN5O4. The second-order valence-corrected chi connectivity index (χ2v) is 8.17. The monoisotopic (exact) mass is 475 g/mol. The first-order valence-electron chi connectivity index (χ1n) is 10.5. The lowest BCUT2D eigenvalue weighted by Gasteiger charge is -2.28. The Hall–Kier alpha value is -3.40. The highest BCUT2D eigenvalue weighted by molar-refractivity contribution is 6.31. The Morgan fingerprint density at radius 2 is 2.09 bits per heavy atom. The van der Waals surface area contributed by atoms with Crippen LogP contribution in [-0.4, -0.2) is 50.7 Å². The van der Waals surface area contributed by atoms with Crippen LogP contribution in [0.1, 0.15) is 25.7 Å². The van der Waals surface area contributed by atoms with E-state index in [0.29, 0.717) is 29.3 Å². The molecule has 1 aliphatic rings. The predicted octanol–water partition coefficient (Wildman–Crippen LogP) is 4.34. The lowest BCUT2D eigenvalue weighted by Crippen LogP contribution is -2.37. The van der Waals surface area contributed by atoms with Gasteiger partial charge in [0.15, 0.2) is 22.5 Å². The van der Waals surface area contributed by atoms with Gasteiger partial charge in [0.25, 0.3) is 0 Å². The molecule has 33 heavy (non-hydrogen) atoms. The van der Waals surface area contributed by atoms with E-state index in [-0.39, 0.29) is 22.9 Å². The number of aromatic nitrogens is 4. The summed E-state index contributed by atoms with van der Waals surface area (Å²) in [5.41, 5.74) is 1.64. The molecule has 3 aromatic rings. The molecule has 11 heteroatoms. The third-order valence-electron chi connectivity index (χ3n) is 5.65. The standard InChI is InChI=1S/C22H23ClFN5O4/c1-32-18-7-6-16(8-17(18)24)29-10-14(9-27-29)19-20(21(23)26-12-25-19)33-11-13-2-4-15(5-3-13)28-22(30)31/h6-10,12-13,15,28H,2-5,11H2,1H3,(H,30,31). The summed E-state index contributed by atoms with van der Waals surface area (Å²) in [6.07, 6.45) is 6.85. The molecule has 0 radical (unpaired) electrons. The van der Waals surface area contributed by atoms with Crippen LogP contribution in [0.25, 0.3) is 16.9 Å². The maximum absolute atomic E-state index is 14.1. The number of ether oxygens (including phenoxy) is 2. The molecule has 4 rings (SSSR count). The van der Waals surface area contributed by atoms with Crippen molar-refractivity contribution in [1.82, 2.24) is 25.1 Å². The van der Waals surface area contributed by atoms with Crippen LogP contribution in [0.3, 0.4) is 0 Å². The number of methoxy groups -OCH3 is 1. The van der Waals surface area contributed by atoms with E-state index in [4.69, 9.17) is 26.2 Å². The number of hydrogen-bond acceptors (Lipinski definition) is 6. The Labute approximate surface area is 194 Å². The number of halogens is 2. The van der Waals surface area contributed by atoms with Gasteiger partial charge in [-0.25, -0.2) is 23.8 Å². The first-order chi connectivity index (χ1) is 15.9. The van der Waals surface area contributed by atoms with Gasteiger partial charge in [0.1, 0.15) is 12.0 Å². The molecule has 1 aromatic carbocycles. The average molecular weight is 476 g/mol. The van der Waals surface area contributed by atoms with Crippen molar-refractivity contribution < 1.29 is 23.8 Å². The number of nitrogens with zero attached hydrogens (tertiary/aromatic N) is 4. The molecule has 174 valence electrons. The first kappa shape index (κ1) is 22.8. The third kappa shape index (κ3) is 5.33. The van der Waals surface area contributed by atoms with Crippen LogP contribution in [0.2, 0.25) is 5.15 Å². The van der Waals surface area contributed by atoms with Crippen molar-refractivity contribution in [3.63, 3.8) is 0 Å². The van der Waals surface area contributed by atoms with Gasteiger partial charge in [-0.15, -0.1) is 0 Å². The van der Waals surface area contributed by atoms with Crippen LogP contribution in [0.4, 0.5) is 9.18 Å². The minimum atomic E-state index is -0.995. The summed E-state index contributed by atoms with van der Waals surface area (Å²) >= 11 is 6.31. The Balaban J connectivity index is 1.48. The van der Waals surface area contributed by atoms with Gasteiger partial charge in [-0.05, 0) is 43.7 Å². The number of benzene rings is 1. The second-order valence-electron chi connectivity index (χ2n) is 7.81. The summed E-state index contributed by atoms with van der Waals surface area (Å²) in [6.45, 7) is 0.414. The molecule has 0 bridgehead atoms. The van der Waals surface area contributed by atoms with E-state index >= 15 is 0 Å².